The van der Waals surface area contributed by atoms with Crippen LogP contribution in [0, 0.1) is 11.8 Å². The molecule has 3 aliphatic rings. The lowest BCUT2D eigenvalue weighted by Crippen LogP contribution is -2.57. The van der Waals surface area contributed by atoms with Crippen LogP contribution in [0.15, 0.2) is 116 Å². The highest BCUT2D eigenvalue weighted by atomic mass is 32.2. The van der Waals surface area contributed by atoms with Gasteiger partial charge in [-0.2, -0.15) is 0 Å². The number of likely N-dealkylation sites (tertiary alicyclic amines) is 1. The summed E-state index contributed by atoms with van der Waals surface area (Å²) in [4.78, 5) is 49.5. The van der Waals surface area contributed by atoms with Crippen molar-refractivity contribution in [2.45, 2.75) is 47.9 Å². The Morgan fingerprint density at radius 1 is 0.913 bits per heavy atom. The summed E-state index contributed by atoms with van der Waals surface area (Å²) in [5, 5.41) is 10.7. The third-order valence-corrected chi connectivity index (χ3v) is 11.7. The topological polar surface area (TPSA) is 81.2 Å². The highest BCUT2D eigenvalue weighted by Gasteiger charge is 2.74. The quantitative estimate of drug-likeness (QED) is 0.264. The molecule has 3 heterocycles. The Hall–Kier alpha value is -4.14. The van der Waals surface area contributed by atoms with Gasteiger partial charge in [-0.1, -0.05) is 91.0 Å². The fraction of sp³-hybridized carbons (Fsp3) is 0.342. The van der Waals surface area contributed by atoms with Gasteiger partial charge in [0.1, 0.15) is 6.04 Å². The van der Waals surface area contributed by atoms with Crippen LogP contribution in [0.4, 0.5) is 5.69 Å². The molecular formula is C38H41N3O4S. The Morgan fingerprint density at radius 2 is 1.52 bits per heavy atom. The lowest BCUT2D eigenvalue weighted by atomic mass is 9.70. The molecule has 3 aromatic rings. The number of para-hydroxylation sites is 1. The number of aliphatic hydroxyl groups is 1. The third-order valence-electron chi connectivity index (χ3n) is 9.70. The van der Waals surface area contributed by atoms with E-state index in [9.17, 15) is 19.5 Å². The van der Waals surface area contributed by atoms with E-state index in [4.69, 9.17) is 0 Å². The summed E-state index contributed by atoms with van der Waals surface area (Å²) >= 11 is 1.65. The minimum atomic E-state index is -0.827. The van der Waals surface area contributed by atoms with Crippen molar-refractivity contribution in [2.24, 2.45) is 11.8 Å². The fourth-order valence-corrected chi connectivity index (χ4v) is 9.98. The predicted molar refractivity (Wildman–Crippen MR) is 183 cm³/mol. The molecule has 0 radical (unpaired) electrons. The zero-order chi connectivity index (χ0) is 32.3. The molecule has 3 aromatic carbocycles. The van der Waals surface area contributed by atoms with Crippen molar-refractivity contribution in [2.75, 3.05) is 24.6 Å². The molecular weight excluding hydrogens is 595 g/mol. The number of anilines is 1. The van der Waals surface area contributed by atoms with Gasteiger partial charge in [-0.05, 0) is 42.5 Å². The molecule has 3 saturated heterocycles. The second-order valence-electron chi connectivity index (χ2n) is 12.4. The van der Waals surface area contributed by atoms with Crippen LogP contribution in [0.2, 0.25) is 0 Å². The maximum atomic E-state index is 14.9. The largest absolute Gasteiger partial charge is 0.394 e. The van der Waals surface area contributed by atoms with Gasteiger partial charge in [0, 0.05) is 30.6 Å². The minimum Gasteiger partial charge on any atom is -0.394 e. The normalized spacial score (nSPS) is 25.2. The molecule has 3 aliphatic heterocycles. The lowest BCUT2D eigenvalue weighted by Gasteiger charge is -2.39. The second kappa shape index (κ2) is 13.7. The molecule has 0 saturated carbocycles. The molecule has 3 fully saturated rings. The van der Waals surface area contributed by atoms with Gasteiger partial charge in [0.05, 0.1) is 29.2 Å². The maximum absolute atomic E-state index is 14.9. The van der Waals surface area contributed by atoms with E-state index in [0.29, 0.717) is 32.5 Å². The van der Waals surface area contributed by atoms with Gasteiger partial charge in [0.15, 0.2) is 0 Å². The van der Waals surface area contributed by atoms with E-state index in [1.807, 2.05) is 91.0 Å². The summed E-state index contributed by atoms with van der Waals surface area (Å²) in [6, 6.07) is 27.6. The molecule has 7 nitrogen and oxygen atoms in total. The number of hydrogen-bond donors (Lipinski definition) is 1. The van der Waals surface area contributed by atoms with Gasteiger partial charge in [-0.15, -0.1) is 24.9 Å². The summed E-state index contributed by atoms with van der Waals surface area (Å²) in [5.74, 6) is -1.78. The molecule has 0 aliphatic carbocycles. The highest BCUT2D eigenvalue weighted by molar-refractivity contribution is 8.02. The van der Waals surface area contributed by atoms with E-state index in [0.717, 1.165) is 23.2 Å². The van der Waals surface area contributed by atoms with Crippen LogP contribution in [0.1, 0.15) is 24.0 Å². The van der Waals surface area contributed by atoms with E-state index in [2.05, 4.69) is 13.2 Å². The number of fused-ring (bicyclic) bond motifs is 1. The molecule has 8 heteroatoms. The van der Waals surface area contributed by atoms with E-state index in [1.54, 1.807) is 38.6 Å². The highest BCUT2D eigenvalue weighted by Crippen LogP contribution is 2.67. The fourth-order valence-electron chi connectivity index (χ4n) is 7.79. The van der Waals surface area contributed by atoms with Crippen molar-refractivity contribution in [1.29, 1.82) is 0 Å². The number of aliphatic hydroxyl groups excluding tert-OH is 1. The van der Waals surface area contributed by atoms with Crippen LogP contribution in [-0.4, -0.2) is 74.4 Å². The first kappa shape index (κ1) is 31.8. The Morgan fingerprint density at radius 3 is 2.13 bits per heavy atom. The molecule has 1 spiro atoms. The molecule has 3 amide bonds. The predicted octanol–water partition coefficient (Wildman–Crippen LogP) is 5.12. The maximum Gasteiger partial charge on any atom is 0.247 e. The monoisotopic (exact) mass is 635 g/mol. The van der Waals surface area contributed by atoms with Crippen molar-refractivity contribution in [3.63, 3.8) is 0 Å². The van der Waals surface area contributed by atoms with Crippen molar-refractivity contribution in [1.82, 2.24) is 9.80 Å². The number of thioether (sulfide) groups is 1. The summed E-state index contributed by atoms with van der Waals surface area (Å²) in [7, 11) is 0. The number of carbonyl (C=O) groups excluding carboxylic acids is 3. The molecule has 6 atom stereocenters. The number of hydrogen-bond acceptors (Lipinski definition) is 5. The molecule has 238 valence electrons. The van der Waals surface area contributed by atoms with E-state index in [1.165, 1.54) is 0 Å². The van der Waals surface area contributed by atoms with Crippen LogP contribution in [0.25, 0.3) is 0 Å². The zero-order valence-corrected chi connectivity index (χ0v) is 26.8. The summed E-state index contributed by atoms with van der Waals surface area (Å²) in [6.45, 7) is 8.52. The summed E-state index contributed by atoms with van der Waals surface area (Å²) in [5.41, 5.74) is 2.69. The SMILES string of the molecule is C=CCN(Cc1ccccc1)C(=O)C1N([C@@H](CO)Cc2ccccc2)C(=O)[C@@H]2[C@H](C(=O)N(CC=C)c3ccccc3)[C@@H]3CCC12S3. The molecule has 0 aromatic heterocycles. The van der Waals surface area contributed by atoms with Crippen molar-refractivity contribution in [3.8, 4) is 0 Å². The average Bonchev–Trinajstić information content (AvgIpc) is 3.74. The van der Waals surface area contributed by atoms with Crippen molar-refractivity contribution < 1.29 is 19.5 Å². The van der Waals surface area contributed by atoms with Crippen LogP contribution < -0.4 is 4.90 Å². The van der Waals surface area contributed by atoms with Gasteiger partial charge in [0.2, 0.25) is 17.7 Å². The Balaban J connectivity index is 1.42. The molecule has 46 heavy (non-hydrogen) atoms. The minimum absolute atomic E-state index is 0.0846. The second-order valence-corrected chi connectivity index (χ2v) is 14.0. The number of rotatable bonds is 13. The molecule has 2 bridgehead atoms. The number of nitrogens with zero attached hydrogens (tertiary/aromatic N) is 3. The van der Waals surface area contributed by atoms with E-state index < -0.39 is 28.7 Å². The zero-order valence-electron chi connectivity index (χ0n) is 26.0. The summed E-state index contributed by atoms with van der Waals surface area (Å²) < 4.78 is -0.782. The molecule has 2 unspecified atom stereocenters. The molecule has 1 N–H and O–H groups in total. The first-order valence-electron chi connectivity index (χ1n) is 16.0. The van der Waals surface area contributed by atoms with Gasteiger partial charge in [-0.3, -0.25) is 14.4 Å². The van der Waals surface area contributed by atoms with E-state index in [-0.39, 0.29) is 29.6 Å². The Bertz CT molecular complexity index is 1570. The Kier molecular flexibility index (Phi) is 9.47. The van der Waals surface area contributed by atoms with Gasteiger partial charge in [0.25, 0.3) is 0 Å². The van der Waals surface area contributed by atoms with Crippen LogP contribution in [0.3, 0.4) is 0 Å². The Labute approximate surface area is 275 Å². The van der Waals surface area contributed by atoms with Gasteiger partial charge >= 0.3 is 0 Å². The first-order valence-corrected chi connectivity index (χ1v) is 16.9. The first-order chi connectivity index (χ1) is 22.4. The van der Waals surface area contributed by atoms with Crippen LogP contribution in [-0.2, 0) is 27.3 Å². The van der Waals surface area contributed by atoms with Crippen molar-refractivity contribution in [3.05, 3.63) is 127 Å². The van der Waals surface area contributed by atoms with Gasteiger partial charge in [-0.25, -0.2) is 0 Å². The summed E-state index contributed by atoms with van der Waals surface area (Å²) in [6.07, 6.45) is 5.20. The standard InChI is InChI=1S/C38H41N3O4S/c1-3-22-39(25-28-16-10-6-11-17-28)37(45)34-38-21-20-31(46-38)32(35(43)40(23-4-2)29-18-12-7-13-19-29)33(38)36(44)41(34)30(26-42)24-27-14-8-5-9-15-27/h3-19,30-34,42H,1-2,20-26H2/t30-,31+,32-,33+,34?,38?/m1/s1. The number of amides is 3. The number of carbonyl (C=O) groups is 3. The third kappa shape index (κ3) is 5.69. The van der Waals surface area contributed by atoms with Crippen LogP contribution in [0.5, 0.6) is 0 Å². The lowest BCUT2D eigenvalue weighted by molar-refractivity contribution is -0.145. The smallest absolute Gasteiger partial charge is 0.247 e. The molecule has 6 rings (SSSR count). The number of benzene rings is 3. The van der Waals surface area contributed by atoms with E-state index >= 15 is 0 Å². The van der Waals surface area contributed by atoms with Crippen molar-refractivity contribution >= 4 is 35.2 Å². The van der Waals surface area contributed by atoms with Gasteiger partial charge < -0.3 is 19.8 Å². The average molecular weight is 636 g/mol. The van der Waals surface area contributed by atoms with Crippen LogP contribution >= 0.6 is 11.8 Å².